The predicted octanol–water partition coefficient (Wildman–Crippen LogP) is 4.45. The van der Waals surface area contributed by atoms with Crippen LogP contribution in [0.4, 0.5) is 5.69 Å². The molecule has 0 atom stereocenters. The normalized spacial score (nSPS) is 10.6. The standard InChI is InChI=1S/C26H27N3O4/c1-3-32-23-14-10-22(11-15-23)28-25(30)16-26(31)29-27-17-20-8-12-24(13-9-20)33-18-21-6-4-19(2)5-7-21/h4-15,17H,3,16,18H2,1-2H3,(H,28,30)(H,29,31). The second kappa shape index (κ2) is 12.0. The minimum Gasteiger partial charge on any atom is -0.494 e. The molecule has 0 bridgehead atoms. The quantitative estimate of drug-likeness (QED) is 0.274. The first kappa shape index (κ1) is 23.5. The lowest BCUT2D eigenvalue weighted by atomic mass is 10.2. The lowest BCUT2D eigenvalue weighted by molar-refractivity contribution is -0.126. The van der Waals surface area contributed by atoms with Gasteiger partial charge < -0.3 is 14.8 Å². The van der Waals surface area contributed by atoms with Crippen LogP contribution in [0.2, 0.25) is 0 Å². The summed E-state index contributed by atoms with van der Waals surface area (Å²) in [6.45, 7) is 5.00. The molecular formula is C26H27N3O4. The average Bonchev–Trinajstić information content (AvgIpc) is 2.81. The van der Waals surface area contributed by atoms with Crippen LogP contribution in [-0.4, -0.2) is 24.6 Å². The third-order valence-electron chi connectivity index (χ3n) is 4.58. The van der Waals surface area contributed by atoms with Crippen LogP contribution in [0.1, 0.15) is 30.0 Å². The van der Waals surface area contributed by atoms with Crippen molar-refractivity contribution < 1.29 is 19.1 Å². The van der Waals surface area contributed by atoms with Crippen molar-refractivity contribution in [1.29, 1.82) is 0 Å². The van der Waals surface area contributed by atoms with Gasteiger partial charge in [-0.25, -0.2) is 5.43 Å². The number of carbonyl (C=O) groups is 2. The van der Waals surface area contributed by atoms with Gasteiger partial charge in [-0.2, -0.15) is 5.10 Å². The lowest BCUT2D eigenvalue weighted by Gasteiger charge is -2.07. The number of hydrogen-bond donors (Lipinski definition) is 2. The monoisotopic (exact) mass is 445 g/mol. The fourth-order valence-electron chi connectivity index (χ4n) is 2.87. The Morgan fingerprint density at radius 1 is 0.848 bits per heavy atom. The smallest absolute Gasteiger partial charge is 0.249 e. The van der Waals surface area contributed by atoms with Gasteiger partial charge in [0.1, 0.15) is 24.5 Å². The topological polar surface area (TPSA) is 89.0 Å². The Morgan fingerprint density at radius 2 is 1.48 bits per heavy atom. The maximum atomic E-state index is 12.0. The van der Waals surface area contributed by atoms with Gasteiger partial charge in [-0.05, 0) is 73.5 Å². The van der Waals surface area contributed by atoms with Gasteiger partial charge in [-0.3, -0.25) is 9.59 Å². The molecule has 0 fully saturated rings. The summed E-state index contributed by atoms with van der Waals surface area (Å²) in [5.74, 6) is 0.519. The maximum Gasteiger partial charge on any atom is 0.249 e. The first-order chi connectivity index (χ1) is 16.0. The average molecular weight is 446 g/mol. The fourth-order valence-corrected chi connectivity index (χ4v) is 2.87. The van der Waals surface area contributed by atoms with E-state index in [0.29, 0.717) is 24.7 Å². The van der Waals surface area contributed by atoms with Crippen molar-refractivity contribution in [3.63, 3.8) is 0 Å². The molecule has 7 nitrogen and oxygen atoms in total. The van der Waals surface area contributed by atoms with E-state index in [0.717, 1.165) is 16.9 Å². The highest BCUT2D eigenvalue weighted by Gasteiger charge is 2.09. The molecule has 0 aliphatic heterocycles. The highest BCUT2D eigenvalue weighted by molar-refractivity contribution is 6.03. The number of amides is 2. The van der Waals surface area contributed by atoms with Crippen molar-refractivity contribution in [3.05, 3.63) is 89.5 Å². The molecule has 0 unspecified atom stereocenters. The molecule has 0 aromatic heterocycles. The van der Waals surface area contributed by atoms with Crippen LogP contribution in [0.5, 0.6) is 11.5 Å². The van der Waals surface area contributed by atoms with Crippen LogP contribution < -0.4 is 20.2 Å². The Hall–Kier alpha value is -4.13. The van der Waals surface area contributed by atoms with Crippen molar-refractivity contribution in [2.75, 3.05) is 11.9 Å². The molecular weight excluding hydrogens is 418 g/mol. The Bertz CT molecular complexity index is 1080. The highest BCUT2D eigenvalue weighted by atomic mass is 16.5. The van der Waals surface area contributed by atoms with Gasteiger partial charge in [0.25, 0.3) is 0 Å². The molecule has 0 saturated heterocycles. The van der Waals surface area contributed by atoms with E-state index in [9.17, 15) is 9.59 Å². The maximum absolute atomic E-state index is 12.0. The number of aryl methyl sites for hydroxylation is 1. The summed E-state index contributed by atoms with van der Waals surface area (Å²) in [5, 5.41) is 6.57. The Morgan fingerprint density at radius 3 is 2.15 bits per heavy atom. The number of nitrogens with one attached hydrogen (secondary N) is 2. The van der Waals surface area contributed by atoms with E-state index in [-0.39, 0.29) is 6.42 Å². The van der Waals surface area contributed by atoms with Crippen molar-refractivity contribution in [3.8, 4) is 11.5 Å². The molecule has 0 spiro atoms. The summed E-state index contributed by atoms with van der Waals surface area (Å²) >= 11 is 0. The van der Waals surface area contributed by atoms with Gasteiger partial charge in [0, 0.05) is 5.69 Å². The van der Waals surface area contributed by atoms with Gasteiger partial charge in [0.05, 0.1) is 12.8 Å². The molecule has 0 heterocycles. The Kier molecular flexibility index (Phi) is 8.59. The van der Waals surface area contributed by atoms with Crippen molar-refractivity contribution in [1.82, 2.24) is 5.43 Å². The predicted molar refractivity (Wildman–Crippen MR) is 129 cm³/mol. The number of rotatable bonds is 10. The minimum absolute atomic E-state index is 0.337. The summed E-state index contributed by atoms with van der Waals surface area (Å²) in [6.07, 6.45) is 1.17. The molecule has 3 rings (SSSR count). The van der Waals surface area contributed by atoms with Crippen LogP contribution >= 0.6 is 0 Å². The summed E-state index contributed by atoms with van der Waals surface area (Å²) in [5.41, 5.74) is 6.04. The summed E-state index contributed by atoms with van der Waals surface area (Å²) in [4.78, 5) is 24.0. The molecule has 2 N–H and O–H groups in total. The third-order valence-corrected chi connectivity index (χ3v) is 4.58. The molecule has 0 aliphatic rings. The van der Waals surface area contributed by atoms with Gasteiger partial charge in [-0.15, -0.1) is 0 Å². The first-order valence-electron chi connectivity index (χ1n) is 10.6. The summed E-state index contributed by atoms with van der Waals surface area (Å²) in [7, 11) is 0. The van der Waals surface area contributed by atoms with E-state index in [1.54, 1.807) is 24.3 Å². The van der Waals surface area contributed by atoms with E-state index < -0.39 is 11.8 Å². The molecule has 33 heavy (non-hydrogen) atoms. The lowest BCUT2D eigenvalue weighted by Crippen LogP contribution is -2.24. The van der Waals surface area contributed by atoms with Crippen LogP contribution in [0, 0.1) is 6.92 Å². The minimum atomic E-state index is -0.507. The number of nitrogens with zero attached hydrogens (tertiary/aromatic N) is 1. The largest absolute Gasteiger partial charge is 0.494 e. The van der Waals surface area contributed by atoms with Gasteiger partial charge in [-0.1, -0.05) is 29.8 Å². The number of benzene rings is 3. The van der Waals surface area contributed by atoms with E-state index in [4.69, 9.17) is 9.47 Å². The SMILES string of the molecule is CCOc1ccc(NC(=O)CC(=O)NN=Cc2ccc(OCc3ccc(C)cc3)cc2)cc1. The Labute approximate surface area is 193 Å². The molecule has 7 heteroatoms. The zero-order valence-electron chi connectivity index (χ0n) is 18.7. The van der Waals surface area contributed by atoms with E-state index in [1.807, 2.05) is 50.2 Å². The third kappa shape index (κ3) is 8.14. The van der Waals surface area contributed by atoms with Crippen LogP contribution in [0.3, 0.4) is 0 Å². The number of carbonyl (C=O) groups excluding carboxylic acids is 2. The highest BCUT2D eigenvalue weighted by Crippen LogP contribution is 2.16. The zero-order chi connectivity index (χ0) is 23.5. The van der Waals surface area contributed by atoms with Crippen LogP contribution in [0.15, 0.2) is 77.9 Å². The summed E-state index contributed by atoms with van der Waals surface area (Å²) < 4.78 is 11.1. The summed E-state index contributed by atoms with van der Waals surface area (Å²) in [6, 6.07) is 22.5. The van der Waals surface area contributed by atoms with Crippen molar-refractivity contribution >= 4 is 23.7 Å². The second-order valence-corrected chi connectivity index (χ2v) is 7.32. The molecule has 0 radical (unpaired) electrons. The first-order valence-corrected chi connectivity index (χ1v) is 10.6. The van der Waals surface area contributed by atoms with Gasteiger partial charge in [0.15, 0.2) is 0 Å². The van der Waals surface area contributed by atoms with E-state index in [1.165, 1.54) is 11.8 Å². The zero-order valence-corrected chi connectivity index (χ0v) is 18.7. The number of hydrazone groups is 1. The molecule has 3 aromatic rings. The molecule has 0 saturated carbocycles. The molecule has 2 amide bonds. The van der Waals surface area contributed by atoms with E-state index >= 15 is 0 Å². The molecule has 3 aromatic carbocycles. The fraction of sp³-hybridized carbons (Fsp3) is 0.192. The number of anilines is 1. The second-order valence-electron chi connectivity index (χ2n) is 7.32. The van der Waals surface area contributed by atoms with Crippen molar-refractivity contribution in [2.45, 2.75) is 26.9 Å². The van der Waals surface area contributed by atoms with Gasteiger partial charge in [0.2, 0.25) is 11.8 Å². The molecule has 0 aliphatic carbocycles. The Balaban J connectivity index is 1.40. The molecule has 170 valence electrons. The van der Waals surface area contributed by atoms with Gasteiger partial charge >= 0.3 is 0 Å². The number of hydrogen-bond acceptors (Lipinski definition) is 5. The van der Waals surface area contributed by atoms with Crippen molar-refractivity contribution in [2.24, 2.45) is 5.10 Å². The van der Waals surface area contributed by atoms with E-state index in [2.05, 4.69) is 28.0 Å². The van der Waals surface area contributed by atoms with Crippen LogP contribution in [0.25, 0.3) is 0 Å². The number of ether oxygens (including phenoxy) is 2. The van der Waals surface area contributed by atoms with Crippen LogP contribution in [-0.2, 0) is 16.2 Å².